The van der Waals surface area contributed by atoms with Crippen LogP contribution < -0.4 is 0 Å². The molecule has 18 heavy (non-hydrogen) atoms. The maximum absolute atomic E-state index is 10.9. The highest BCUT2D eigenvalue weighted by Gasteiger charge is 2.17. The summed E-state index contributed by atoms with van der Waals surface area (Å²) in [5.41, 5.74) is 1.49. The zero-order valence-electron chi connectivity index (χ0n) is 10.5. The van der Waals surface area contributed by atoms with Crippen molar-refractivity contribution in [3.05, 3.63) is 33.8 Å². The Morgan fingerprint density at radius 2 is 2.33 bits per heavy atom. The van der Waals surface area contributed by atoms with E-state index in [1.807, 2.05) is 6.07 Å². The normalized spacial score (nSPS) is 20.9. The van der Waals surface area contributed by atoms with Gasteiger partial charge in [-0.15, -0.1) is 0 Å². The fourth-order valence-corrected chi connectivity index (χ4v) is 2.98. The summed E-state index contributed by atoms with van der Waals surface area (Å²) in [7, 11) is 0. The van der Waals surface area contributed by atoms with Gasteiger partial charge in [-0.25, -0.2) is 4.79 Å². The monoisotopic (exact) mass is 311 g/mol. The van der Waals surface area contributed by atoms with Crippen LogP contribution in [0, 0.1) is 5.92 Å². The van der Waals surface area contributed by atoms with Gasteiger partial charge in [-0.3, -0.25) is 4.90 Å². The van der Waals surface area contributed by atoms with Gasteiger partial charge in [0.25, 0.3) is 0 Å². The van der Waals surface area contributed by atoms with E-state index in [0.717, 1.165) is 35.6 Å². The molecule has 0 radical (unpaired) electrons. The fourth-order valence-electron chi connectivity index (χ4n) is 2.48. The summed E-state index contributed by atoms with van der Waals surface area (Å²) in [6.07, 6.45) is 2.57. The molecule has 1 aromatic rings. The minimum absolute atomic E-state index is 0.331. The molecule has 1 heterocycles. The second-order valence-electron chi connectivity index (χ2n) is 5.09. The molecule has 3 nitrogen and oxygen atoms in total. The largest absolute Gasteiger partial charge is 0.478 e. The minimum atomic E-state index is -0.881. The topological polar surface area (TPSA) is 40.5 Å². The molecular formula is C14H18BrNO2. The molecular weight excluding hydrogens is 294 g/mol. The van der Waals surface area contributed by atoms with Gasteiger partial charge in [-0.2, -0.15) is 0 Å². The van der Waals surface area contributed by atoms with Crippen LogP contribution in [0.25, 0.3) is 0 Å². The summed E-state index contributed by atoms with van der Waals surface area (Å²) in [6.45, 7) is 5.45. The van der Waals surface area contributed by atoms with Crippen LogP contribution in [-0.2, 0) is 6.54 Å². The molecule has 0 amide bonds. The molecule has 0 saturated carbocycles. The number of rotatable bonds is 3. The van der Waals surface area contributed by atoms with Crippen molar-refractivity contribution in [2.24, 2.45) is 5.92 Å². The van der Waals surface area contributed by atoms with Crippen molar-refractivity contribution in [1.82, 2.24) is 4.90 Å². The van der Waals surface area contributed by atoms with Gasteiger partial charge in [0.1, 0.15) is 0 Å². The van der Waals surface area contributed by atoms with Crippen LogP contribution in [0.2, 0.25) is 0 Å². The molecule has 2 rings (SSSR count). The van der Waals surface area contributed by atoms with Gasteiger partial charge in [-0.05, 0) is 43.0 Å². The van der Waals surface area contributed by atoms with Crippen LogP contribution in [0.5, 0.6) is 0 Å². The predicted octanol–water partition coefficient (Wildman–Crippen LogP) is 3.38. The highest BCUT2D eigenvalue weighted by molar-refractivity contribution is 9.10. The van der Waals surface area contributed by atoms with Gasteiger partial charge < -0.3 is 5.11 Å². The summed E-state index contributed by atoms with van der Waals surface area (Å²) >= 11 is 3.47. The summed E-state index contributed by atoms with van der Waals surface area (Å²) in [4.78, 5) is 13.3. The van der Waals surface area contributed by atoms with Crippen molar-refractivity contribution in [3.8, 4) is 0 Å². The molecule has 1 atom stereocenters. The van der Waals surface area contributed by atoms with Gasteiger partial charge in [0.05, 0.1) is 5.56 Å². The third kappa shape index (κ3) is 3.33. The molecule has 98 valence electrons. The summed E-state index contributed by atoms with van der Waals surface area (Å²) < 4.78 is 0.889. The quantitative estimate of drug-likeness (QED) is 0.930. The van der Waals surface area contributed by atoms with Gasteiger partial charge in [-0.1, -0.05) is 28.9 Å². The lowest BCUT2D eigenvalue weighted by atomic mass is 9.99. The van der Waals surface area contributed by atoms with Crippen LogP contribution in [0.15, 0.2) is 22.7 Å². The lowest BCUT2D eigenvalue weighted by Crippen LogP contribution is -2.33. The summed E-state index contributed by atoms with van der Waals surface area (Å²) in [5.74, 6) is -0.121. The Labute approximate surface area is 116 Å². The van der Waals surface area contributed by atoms with E-state index in [2.05, 4.69) is 27.8 Å². The average molecular weight is 312 g/mol. The van der Waals surface area contributed by atoms with Crippen molar-refractivity contribution in [2.45, 2.75) is 26.3 Å². The molecule has 1 aliphatic rings. The molecule has 4 heteroatoms. The standard InChI is InChI=1S/C14H18BrNO2/c1-10-3-2-6-16(8-10)9-12-5-4-11(14(17)18)7-13(12)15/h4-5,7,10H,2-3,6,8-9H2,1H3,(H,17,18). The van der Waals surface area contributed by atoms with Crippen LogP contribution in [-0.4, -0.2) is 29.1 Å². The average Bonchev–Trinajstić information content (AvgIpc) is 2.31. The van der Waals surface area contributed by atoms with E-state index in [1.165, 1.54) is 12.8 Å². The Balaban J connectivity index is 2.07. The number of hydrogen-bond acceptors (Lipinski definition) is 2. The van der Waals surface area contributed by atoms with Crippen molar-refractivity contribution in [2.75, 3.05) is 13.1 Å². The Morgan fingerprint density at radius 1 is 1.56 bits per heavy atom. The van der Waals surface area contributed by atoms with E-state index in [0.29, 0.717) is 5.56 Å². The molecule has 1 fully saturated rings. The van der Waals surface area contributed by atoms with E-state index in [4.69, 9.17) is 5.11 Å². The Kier molecular flexibility index (Phi) is 4.40. The highest BCUT2D eigenvalue weighted by atomic mass is 79.9. The molecule has 1 saturated heterocycles. The number of piperidine rings is 1. The second kappa shape index (κ2) is 5.85. The van der Waals surface area contributed by atoms with Crippen molar-refractivity contribution >= 4 is 21.9 Å². The van der Waals surface area contributed by atoms with E-state index in [9.17, 15) is 4.79 Å². The molecule has 0 spiro atoms. The van der Waals surface area contributed by atoms with Gasteiger partial charge in [0.2, 0.25) is 0 Å². The number of benzene rings is 1. The van der Waals surface area contributed by atoms with Crippen LogP contribution >= 0.6 is 15.9 Å². The number of nitrogens with zero attached hydrogens (tertiary/aromatic N) is 1. The highest BCUT2D eigenvalue weighted by Crippen LogP contribution is 2.23. The first-order chi connectivity index (χ1) is 8.56. The molecule has 1 unspecified atom stereocenters. The first-order valence-electron chi connectivity index (χ1n) is 6.30. The second-order valence-corrected chi connectivity index (χ2v) is 5.95. The zero-order valence-corrected chi connectivity index (χ0v) is 12.1. The zero-order chi connectivity index (χ0) is 13.1. The lowest BCUT2D eigenvalue weighted by molar-refractivity contribution is 0.0697. The molecule has 0 aromatic heterocycles. The maximum atomic E-state index is 10.9. The third-order valence-electron chi connectivity index (χ3n) is 3.44. The van der Waals surface area contributed by atoms with Gasteiger partial charge >= 0.3 is 5.97 Å². The Hall–Kier alpha value is -0.870. The molecule has 0 aliphatic carbocycles. The number of likely N-dealkylation sites (tertiary alicyclic amines) is 1. The lowest BCUT2D eigenvalue weighted by Gasteiger charge is -2.31. The minimum Gasteiger partial charge on any atom is -0.478 e. The molecule has 0 bridgehead atoms. The Bertz CT molecular complexity index is 447. The summed E-state index contributed by atoms with van der Waals surface area (Å²) in [5, 5.41) is 8.93. The number of carbonyl (C=O) groups is 1. The van der Waals surface area contributed by atoms with E-state index in [-0.39, 0.29) is 0 Å². The number of aromatic carboxylic acids is 1. The molecule has 1 aromatic carbocycles. The smallest absolute Gasteiger partial charge is 0.335 e. The number of hydrogen-bond donors (Lipinski definition) is 1. The summed E-state index contributed by atoms with van der Waals surface area (Å²) in [6, 6.07) is 5.27. The van der Waals surface area contributed by atoms with Crippen molar-refractivity contribution < 1.29 is 9.90 Å². The first kappa shape index (κ1) is 13.6. The van der Waals surface area contributed by atoms with E-state index >= 15 is 0 Å². The number of carboxylic acid groups (broad SMARTS) is 1. The van der Waals surface area contributed by atoms with Crippen LogP contribution in [0.4, 0.5) is 0 Å². The van der Waals surface area contributed by atoms with Crippen LogP contribution in [0.3, 0.4) is 0 Å². The third-order valence-corrected chi connectivity index (χ3v) is 4.17. The number of halogens is 1. The fraction of sp³-hybridized carbons (Fsp3) is 0.500. The molecule has 1 aliphatic heterocycles. The SMILES string of the molecule is CC1CCCN(Cc2ccc(C(=O)O)cc2Br)C1. The van der Waals surface area contributed by atoms with Gasteiger partial charge in [0, 0.05) is 17.6 Å². The predicted molar refractivity (Wildman–Crippen MR) is 74.8 cm³/mol. The van der Waals surface area contributed by atoms with Gasteiger partial charge in [0.15, 0.2) is 0 Å². The number of carboxylic acids is 1. The van der Waals surface area contributed by atoms with Crippen molar-refractivity contribution in [1.29, 1.82) is 0 Å². The van der Waals surface area contributed by atoms with Crippen molar-refractivity contribution in [3.63, 3.8) is 0 Å². The van der Waals surface area contributed by atoms with Crippen LogP contribution in [0.1, 0.15) is 35.7 Å². The molecule has 1 N–H and O–H groups in total. The van der Waals surface area contributed by atoms with E-state index in [1.54, 1.807) is 12.1 Å². The first-order valence-corrected chi connectivity index (χ1v) is 7.09. The Morgan fingerprint density at radius 3 is 2.94 bits per heavy atom. The maximum Gasteiger partial charge on any atom is 0.335 e. The van der Waals surface area contributed by atoms with E-state index < -0.39 is 5.97 Å².